The van der Waals surface area contributed by atoms with Crippen molar-refractivity contribution in [1.29, 1.82) is 0 Å². The minimum atomic E-state index is -0.167. The van der Waals surface area contributed by atoms with Crippen molar-refractivity contribution in [3.63, 3.8) is 0 Å². The molecule has 1 heterocycles. The van der Waals surface area contributed by atoms with Gasteiger partial charge in [-0.1, -0.05) is 13.8 Å². The summed E-state index contributed by atoms with van der Waals surface area (Å²) in [6.45, 7) is 5.89. The maximum atomic E-state index is 11.7. The van der Waals surface area contributed by atoms with Gasteiger partial charge in [-0.15, -0.1) is 11.3 Å². The first-order valence-corrected chi connectivity index (χ1v) is 5.84. The van der Waals surface area contributed by atoms with Gasteiger partial charge >= 0.3 is 0 Å². The fourth-order valence-electron chi connectivity index (χ4n) is 1.22. The zero-order chi connectivity index (χ0) is 11.4. The average molecular weight is 227 g/mol. The quantitative estimate of drug-likeness (QED) is 0.824. The smallest absolute Gasteiger partial charge is 0.261 e. The molecule has 1 amide bonds. The normalized spacial score (nSPS) is 12.9. The molecule has 0 radical (unpaired) electrons. The van der Waals surface area contributed by atoms with E-state index in [1.165, 1.54) is 11.3 Å². The molecular formula is C11H17NO2S. The van der Waals surface area contributed by atoms with Crippen LogP contribution in [0.5, 0.6) is 0 Å². The van der Waals surface area contributed by atoms with E-state index in [2.05, 4.69) is 5.32 Å². The van der Waals surface area contributed by atoms with Crippen molar-refractivity contribution in [2.45, 2.75) is 26.8 Å². The Balaban J connectivity index is 2.62. The van der Waals surface area contributed by atoms with Crippen molar-refractivity contribution < 1.29 is 9.90 Å². The van der Waals surface area contributed by atoms with Gasteiger partial charge in [0.05, 0.1) is 17.5 Å². The molecule has 0 aliphatic rings. The largest absolute Gasteiger partial charge is 0.394 e. The molecule has 0 saturated carbocycles. The number of thiophene rings is 1. The van der Waals surface area contributed by atoms with E-state index in [4.69, 9.17) is 5.11 Å². The summed E-state index contributed by atoms with van der Waals surface area (Å²) in [7, 11) is 0. The lowest BCUT2D eigenvalue weighted by atomic mass is 10.1. The molecule has 84 valence electrons. The van der Waals surface area contributed by atoms with Crippen LogP contribution in [0.25, 0.3) is 0 Å². The first-order chi connectivity index (χ1) is 7.04. The summed E-state index contributed by atoms with van der Waals surface area (Å²) in [5, 5.41) is 11.9. The summed E-state index contributed by atoms with van der Waals surface area (Å²) in [5.74, 6) is 0.140. The van der Waals surface area contributed by atoms with Crippen LogP contribution in [0.3, 0.4) is 0 Å². The lowest BCUT2D eigenvalue weighted by molar-refractivity contribution is 0.0901. The third-order valence-corrected chi connectivity index (χ3v) is 3.28. The summed E-state index contributed by atoms with van der Waals surface area (Å²) in [5.41, 5.74) is 0. The predicted octanol–water partition coefficient (Wildman–Crippen LogP) is 1.80. The van der Waals surface area contributed by atoms with Gasteiger partial charge in [0.15, 0.2) is 0 Å². The van der Waals surface area contributed by atoms with Crippen molar-refractivity contribution >= 4 is 17.2 Å². The topological polar surface area (TPSA) is 49.3 Å². The maximum Gasteiger partial charge on any atom is 0.261 e. The van der Waals surface area contributed by atoms with Crippen molar-refractivity contribution in [3.8, 4) is 0 Å². The Morgan fingerprint density at radius 1 is 1.53 bits per heavy atom. The van der Waals surface area contributed by atoms with Gasteiger partial charge in [0.2, 0.25) is 0 Å². The Kier molecular flexibility index (Phi) is 4.29. The predicted molar refractivity (Wildman–Crippen MR) is 62.2 cm³/mol. The van der Waals surface area contributed by atoms with E-state index >= 15 is 0 Å². The summed E-state index contributed by atoms with van der Waals surface area (Å²) < 4.78 is 0. The van der Waals surface area contributed by atoms with Crippen LogP contribution in [0.15, 0.2) is 12.1 Å². The first-order valence-electron chi connectivity index (χ1n) is 5.02. The maximum absolute atomic E-state index is 11.7. The zero-order valence-corrected chi connectivity index (χ0v) is 10.1. The van der Waals surface area contributed by atoms with E-state index in [1.807, 2.05) is 32.9 Å². The van der Waals surface area contributed by atoms with Crippen LogP contribution < -0.4 is 5.32 Å². The molecule has 0 fully saturated rings. The van der Waals surface area contributed by atoms with Crippen LogP contribution in [-0.4, -0.2) is 23.7 Å². The first kappa shape index (κ1) is 12.2. The van der Waals surface area contributed by atoms with Crippen LogP contribution in [0.1, 0.15) is 28.4 Å². The molecule has 0 saturated heterocycles. The molecule has 1 aromatic rings. The fourth-order valence-corrected chi connectivity index (χ4v) is 1.99. The van der Waals surface area contributed by atoms with Crippen LogP contribution >= 0.6 is 11.3 Å². The zero-order valence-electron chi connectivity index (χ0n) is 9.28. The Morgan fingerprint density at radius 3 is 2.60 bits per heavy atom. The third-order valence-electron chi connectivity index (χ3n) is 2.28. The van der Waals surface area contributed by atoms with Crippen molar-refractivity contribution in [2.75, 3.05) is 6.61 Å². The van der Waals surface area contributed by atoms with Gasteiger partial charge in [-0.3, -0.25) is 4.79 Å². The molecule has 0 aliphatic carbocycles. The molecule has 0 unspecified atom stereocenters. The molecule has 0 spiro atoms. The average Bonchev–Trinajstić information content (AvgIpc) is 2.60. The highest BCUT2D eigenvalue weighted by atomic mass is 32.1. The molecule has 0 aliphatic heterocycles. The van der Waals surface area contributed by atoms with Crippen LogP contribution in [0.4, 0.5) is 0 Å². The number of carbonyl (C=O) groups excluding carboxylic acids is 1. The van der Waals surface area contributed by atoms with Crippen molar-refractivity contribution in [3.05, 3.63) is 21.9 Å². The molecular weight excluding hydrogens is 210 g/mol. The lowest BCUT2D eigenvalue weighted by Crippen LogP contribution is -2.40. The highest BCUT2D eigenvalue weighted by Crippen LogP contribution is 2.15. The summed E-state index contributed by atoms with van der Waals surface area (Å²) in [6.07, 6.45) is 0. The Bertz CT molecular complexity index is 333. The van der Waals surface area contributed by atoms with Crippen molar-refractivity contribution in [2.24, 2.45) is 5.92 Å². The second-order valence-electron chi connectivity index (χ2n) is 3.92. The minimum Gasteiger partial charge on any atom is -0.394 e. The van der Waals surface area contributed by atoms with Gasteiger partial charge < -0.3 is 10.4 Å². The second kappa shape index (κ2) is 5.28. The highest BCUT2D eigenvalue weighted by Gasteiger charge is 2.16. The molecule has 1 rings (SSSR count). The van der Waals surface area contributed by atoms with E-state index < -0.39 is 0 Å². The summed E-state index contributed by atoms with van der Waals surface area (Å²) in [6, 6.07) is 3.56. The van der Waals surface area contributed by atoms with Crippen LogP contribution in [0, 0.1) is 12.8 Å². The van der Waals surface area contributed by atoms with E-state index in [-0.39, 0.29) is 24.5 Å². The number of aliphatic hydroxyl groups excluding tert-OH is 1. The van der Waals surface area contributed by atoms with E-state index in [9.17, 15) is 4.79 Å². The van der Waals surface area contributed by atoms with Crippen LogP contribution in [0.2, 0.25) is 0 Å². The molecule has 0 aromatic carbocycles. The molecule has 4 heteroatoms. The molecule has 1 atom stereocenters. The minimum absolute atomic E-state index is 0.0201. The Labute approximate surface area is 94.1 Å². The van der Waals surface area contributed by atoms with Gasteiger partial charge in [-0.25, -0.2) is 0 Å². The number of aliphatic hydroxyl groups is 1. The Morgan fingerprint density at radius 2 is 2.20 bits per heavy atom. The molecule has 2 N–H and O–H groups in total. The summed E-state index contributed by atoms with van der Waals surface area (Å²) in [4.78, 5) is 13.5. The number of aryl methyl sites for hydroxylation is 1. The molecule has 3 nitrogen and oxygen atoms in total. The van der Waals surface area contributed by atoms with E-state index in [0.717, 1.165) is 4.88 Å². The number of rotatable bonds is 4. The summed E-state index contributed by atoms with van der Waals surface area (Å²) >= 11 is 1.47. The molecule has 15 heavy (non-hydrogen) atoms. The fraction of sp³-hybridized carbons (Fsp3) is 0.545. The standard InChI is InChI=1S/C11H17NO2S/c1-7(2)9(6-13)12-11(14)10-5-4-8(3)15-10/h4-5,7,9,13H,6H2,1-3H3,(H,12,14)/t9-/m1/s1. The van der Waals surface area contributed by atoms with Gasteiger partial charge in [-0.2, -0.15) is 0 Å². The number of amides is 1. The number of hydrogen-bond acceptors (Lipinski definition) is 3. The Hall–Kier alpha value is -0.870. The van der Waals surface area contributed by atoms with E-state index in [0.29, 0.717) is 4.88 Å². The SMILES string of the molecule is Cc1ccc(C(=O)N[C@H](CO)C(C)C)s1. The van der Waals surface area contributed by atoms with Gasteiger partial charge in [0.25, 0.3) is 5.91 Å². The highest BCUT2D eigenvalue weighted by molar-refractivity contribution is 7.13. The monoisotopic (exact) mass is 227 g/mol. The molecule has 1 aromatic heterocycles. The number of carbonyl (C=O) groups is 1. The lowest BCUT2D eigenvalue weighted by Gasteiger charge is -2.19. The van der Waals surface area contributed by atoms with Crippen molar-refractivity contribution in [1.82, 2.24) is 5.32 Å². The van der Waals surface area contributed by atoms with Crippen LogP contribution in [-0.2, 0) is 0 Å². The molecule has 0 bridgehead atoms. The second-order valence-corrected chi connectivity index (χ2v) is 5.20. The van der Waals surface area contributed by atoms with Gasteiger partial charge in [-0.05, 0) is 25.0 Å². The number of nitrogens with one attached hydrogen (secondary N) is 1. The van der Waals surface area contributed by atoms with E-state index in [1.54, 1.807) is 0 Å². The third kappa shape index (κ3) is 3.32. The van der Waals surface area contributed by atoms with Gasteiger partial charge in [0.1, 0.15) is 0 Å². The number of hydrogen-bond donors (Lipinski definition) is 2. The van der Waals surface area contributed by atoms with Gasteiger partial charge in [0, 0.05) is 4.88 Å².